The number of hydrogen-bond acceptors (Lipinski definition) is 3. The predicted octanol–water partition coefficient (Wildman–Crippen LogP) is 1.80. The van der Waals surface area contributed by atoms with Crippen LogP contribution in [0.25, 0.3) is 11.0 Å². The van der Waals surface area contributed by atoms with E-state index < -0.39 is 0 Å². The molecule has 0 aliphatic heterocycles. The molecule has 5 heteroatoms. The van der Waals surface area contributed by atoms with Gasteiger partial charge in [-0.1, -0.05) is 5.21 Å². The Balaban J connectivity index is 2.81. The van der Waals surface area contributed by atoms with Crippen LogP contribution in [0.2, 0.25) is 0 Å². The molecule has 2 rings (SSSR count). The first-order chi connectivity index (χ1) is 6.24. The maximum atomic E-state index is 5.71. The summed E-state index contributed by atoms with van der Waals surface area (Å²) in [6, 6.07) is 3.78. The van der Waals surface area contributed by atoms with E-state index in [1.165, 1.54) is 0 Å². The summed E-state index contributed by atoms with van der Waals surface area (Å²) in [4.78, 5) is 0. The van der Waals surface area contributed by atoms with E-state index in [1.807, 2.05) is 23.7 Å². The van der Waals surface area contributed by atoms with Crippen molar-refractivity contribution in [2.75, 3.05) is 5.73 Å². The lowest BCUT2D eigenvalue weighted by Crippen LogP contribution is -1.95. The molecule has 1 aromatic carbocycles. The molecule has 0 saturated carbocycles. The molecule has 0 radical (unpaired) electrons. The fourth-order valence-corrected chi connectivity index (χ4v) is 1.67. The van der Waals surface area contributed by atoms with Gasteiger partial charge in [-0.05, 0) is 35.0 Å². The zero-order chi connectivity index (χ0) is 9.42. The molecule has 2 aromatic rings. The monoisotopic (exact) mass is 240 g/mol. The van der Waals surface area contributed by atoms with E-state index in [0.717, 1.165) is 22.1 Å². The van der Waals surface area contributed by atoms with Crippen LogP contribution in [-0.2, 0) is 6.54 Å². The van der Waals surface area contributed by atoms with Crippen LogP contribution in [-0.4, -0.2) is 15.0 Å². The zero-order valence-electron chi connectivity index (χ0n) is 7.16. The van der Waals surface area contributed by atoms with Crippen molar-refractivity contribution >= 4 is 32.7 Å². The molecule has 0 spiro atoms. The summed E-state index contributed by atoms with van der Waals surface area (Å²) in [6.07, 6.45) is 0. The molecule has 0 aliphatic rings. The summed E-state index contributed by atoms with van der Waals surface area (Å²) >= 11 is 3.38. The lowest BCUT2D eigenvalue weighted by atomic mass is 10.3. The second-order valence-corrected chi connectivity index (χ2v) is 3.53. The number of halogens is 1. The Morgan fingerprint density at radius 3 is 3.00 bits per heavy atom. The Morgan fingerprint density at radius 1 is 1.54 bits per heavy atom. The van der Waals surface area contributed by atoms with Crippen LogP contribution in [0.5, 0.6) is 0 Å². The highest BCUT2D eigenvalue weighted by Crippen LogP contribution is 2.27. The van der Waals surface area contributed by atoms with Gasteiger partial charge in [-0.15, -0.1) is 5.10 Å². The van der Waals surface area contributed by atoms with E-state index in [-0.39, 0.29) is 0 Å². The molecule has 4 nitrogen and oxygen atoms in total. The van der Waals surface area contributed by atoms with Gasteiger partial charge in [0.25, 0.3) is 0 Å². The number of anilines is 1. The van der Waals surface area contributed by atoms with E-state index in [1.54, 1.807) is 0 Å². The van der Waals surface area contributed by atoms with Crippen molar-refractivity contribution in [3.8, 4) is 0 Å². The topological polar surface area (TPSA) is 56.7 Å². The molecule has 0 bridgehead atoms. The normalized spacial score (nSPS) is 10.9. The van der Waals surface area contributed by atoms with Crippen LogP contribution in [0.4, 0.5) is 5.69 Å². The summed E-state index contributed by atoms with van der Waals surface area (Å²) in [5.41, 5.74) is 8.23. The van der Waals surface area contributed by atoms with Gasteiger partial charge in [-0.25, -0.2) is 4.68 Å². The molecule has 0 fully saturated rings. The maximum absolute atomic E-state index is 5.71. The molecule has 2 N–H and O–H groups in total. The van der Waals surface area contributed by atoms with Crippen LogP contribution in [0.15, 0.2) is 16.6 Å². The summed E-state index contributed by atoms with van der Waals surface area (Å²) in [6.45, 7) is 2.84. The third-order valence-electron chi connectivity index (χ3n) is 1.96. The van der Waals surface area contributed by atoms with Crippen molar-refractivity contribution in [1.29, 1.82) is 0 Å². The van der Waals surface area contributed by atoms with Crippen LogP contribution in [0.3, 0.4) is 0 Å². The number of benzene rings is 1. The van der Waals surface area contributed by atoms with Crippen molar-refractivity contribution in [3.63, 3.8) is 0 Å². The van der Waals surface area contributed by atoms with Gasteiger partial charge in [0.05, 0.1) is 9.99 Å². The molecule has 0 unspecified atom stereocenters. The average molecular weight is 241 g/mol. The molecule has 0 saturated heterocycles. The number of nitrogens with zero attached hydrogens (tertiary/aromatic N) is 3. The van der Waals surface area contributed by atoms with Gasteiger partial charge in [-0.3, -0.25) is 0 Å². The average Bonchev–Trinajstić information content (AvgIpc) is 2.55. The summed E-state index contributed by atoms with van der Waals surface area (Å²) < 4.78 is 2.66. The van der Waals surface area contributed by atoms with Crippen LogP contribution in [0, 0.1) is 0 Å². The Kier molecular flexibility index (Phi) is 1.95. The van der Waals surface area contributed by atoms with Gasteiger partial charge >= 0.3 is 0 Å². The van der Waals surface area contributed by atoms with Gasteiger partial charge in [0, 0.05) is 12.2 Å². The minimum atomic E-state index is 0.690. The fourth-order valence-electron chi connectivity index (χ4n) is 1.25. The highest BCUT2D eigenvalue weighted by Gasteiger charge is 2.08. The van der Waals surface area contributed by atoms with Crippen molar-refractivity contribution in [1.82, 2.24) is 15.0 Å². The van der Waals surface area contributed by atoms with Gasteiger partial charge in [-0.2, -0.15) is 0 Å². The van der Waals surface area contributed by atoms with E-state index in [2.05, 4.69) is 26.2 Å². The number of nitrogens with two attached hydrogens (primary N) is 1. The molecular formula is C8H9BrN4. The van der Waals surface area contributed by atoms with Crippen molar-refractivity contribution in [3.05, 3.63) is 16.6 Å². The molecule has 1 heterocycles. The van der Waals surface area contributed by atoms with E-state index >= 15 is 0 Å². The molecular weight excluding hydrogens is 232 g/mol. The van der Waals surface area contributed by atoms with Gasteiger partial charge in [0.2, 0.25) is 0 Å². The third kappa shape index (κ3) is 1.19. The molecule has 1 aromatic heterocycles. The van der Waals surface area contributed by atoms with E-state index in [4.69, 9.17) is 5.73 Å². The van der Waals surface area contributed by atoms with Crippen molar-refractivity contribution in [2.45, 2.75) is 13.5 Å². The van der Waals surface area contributed by atoms with Gasteiger partial charge < -0.3 is 5.73 Å². The van der Waals surface area contributed by atoms with Crippen LogP contribution >= 0.6 is 15.9 Å². The lowest BCUT2D eigenvalue weighted by molar-refractivity contribution is 0.646. The summed E-state index contributed by atoms with van der Waals surface area (Å²) in [7, 11) is 0. The van der Waals surface area contributed by atoms with Crippen LogP contribution < -0.4 is 5.73 Å². The van der Waals surface area contributed by atoms with E-state index in [0.29, 0.717) is 5.69 Å². The molecule has 0 aliphatic carbocycles. The Bertz CT molecular complexity index is 449. The first kappa shape index (κ1) is 8.50. The zero-order valence-corrected chi connectivity index (χ0v) is 8.74. The number of hydrogen-bond donors (Lipinski definition) is 1. The number of aromatic nitrogens is 3. The highest BCUT2D eigenvalue weighted by molar-refractivity contribution is 9.10. The number of nitrogen functional groups attached to an aromatic ring is 1. The second-order valence-electron chi connectivity index (χ2n) is 2.74. The Labute approximate surface area is 83.8 Å². The quantitative estimate of drug-likeness (QED) is 0.774. The highest BCUT2D eigenvalue weighted by atomic mass is 79.9. The summed E-state index contributed by atoms with van der Waals surface area (Å²) in [5, 5.41) is 8.03. The van der Waals surface area contributed by atoms with Crippen molar-refractivity contribution < 1.29 is 0 Å². The number of aryl methyl sites for hydroxylation is 1. The first-order valence-corrected chi connectivity index (χ1v) is 4.80. The van der Waals surface area contributed by atoms with Crippen LogP contribution in [0.1, 0.15) is 6.92 Å². The minimum Gasteiger partial charge on any atom is -0.398 e. The Morgan fingerprint density at radius 2 is 2.31 bits per heavy atom. The third-order valence-corrected chi connectivity index (χ3v) is 2.79. The maximum Gasteiger partial charge on any atom is 0.129 e. The van der Waals surface area contributed by atoms with Gasteiger partial charge in [0.15, 0.2) is 0 Å². The Hall–Kier alpha value is -1.10. The molecule has 13 heavy (non-hydrogen) atoms. The fraction of sp³-hybridized carbons (Fsp3) is 0.250. The second kappa shape index (κ2) is 2.99. The van der Waals surface area contributed by atoms with E-state index in [9.17, 15) is 0 Å². The van der Waals surface area contributed by atoms with Gasteiger partial charge in [0.1, 0.15) is 5.52 Å². The molecule has 0 amide bonds. The predicted molar refractivity (Wildman–Crippen MR) is 55.3 cm³/mol. The summed E-state index contributed by atoms with van der Waals surface area (Å²) in [5.74, 6) is 0. The van der Waals surface area contributed by atoms with Crippen molar-refractivity contribution in [2.24, 2.45) is 0 Å². The number of fused-ring (bicyclic) bond motifs is 1. The standard InChI is InChI=1S/C8H9BrN4/c1-2-13-6-4-3-5(10)7(9)8(6)11-12-13/h3-4H,2,10H2,1H3. The minimum absolute atomic E-state index is 0.690. The molecule has 0 atom stereocenters. The largest absolute Gasteiger partial charge is 0.398 e. The molecule has 68 valence electrons. The lowest BCUT2D eigenvalue weighted by Gasteiger charge is -1.99. The smallest absolute Gasteiger partial charge is 0.129 e. The number of rotatable bonds is 1. The first-order valence-electron chi connectivity index (χ1n) is 4.01. The SMILES string of the molecule is CCn1nnc2c(Br)c(N)ccc21.